The Morgan fingerprint density at radius 2 is 2.18 bits per heavy atom. The zero-order valence-corrected chi connectivity index (χ0v) is 14.4. The summed E-state index contributed by atoms with van der Waals surface area (Å²) in [7, 11) is 0. The molecular formula is C17H22N2O2S. The van der Waals surface area contributed by atoms with Crippen molar-refractivity contribution >= 4 is 27.3 Å². The van der Waals surface area contributed by atoms with Crippen molar-refractivity contribution in [3.05, 3.63) is 16.8 Å². The van der Waals surface area contributed by atoms with Crippen LogP contribution in [-0.4, -0.2) is 22.4 Å². The zero-order valence-electron chi connectivity index (χ0n) is 13.6. The Morgan fingerprint density at radius 1 is 1.41 bits per heavy atom. The van der Waals surface area contributed by atoms with Crippen molar-refractivity contribution in [2.75, 3.05) is 6.61 Å². The van der Waals surface area contributed by atoms with Crippen LogP contribution in [0.4, 0.5) is 0 Å². The van der Waals surface area contributed by atoms with Crippen molar-refractivity contribution in [1.29, 1.82) is 0 Å². The van der Waals surface area contributed by atoms with Gasteiger partial charge in [-0.3, -0.25) is 4.79 Å². The lowest BCUT2D eigenvalue weighted by atomic mass is 9.89. The zero-order chi connectivity index (χ0) is 15.9. The van der Waals surface area contributed by atoms with Crippen molar-refractivity contribution in [1.82, 2.24) is 9.97 Å². The molecule has 2 aromatic rings. The maximum atomic E-state index is 12.1. The third kappa shape index (κ3) is 2.86. The second kappa shape index (κ2) is 5.61. The summed E-state index contributed by atoms with van der Waals surface area (Å²) in [5.41, 5.74) is 0.937. The molecule has 0 aromatic carbocycles. The number of aromatic nitrogens is 2. The summed E-state index contributed by atoms with van der Waals surface area (Å²) >= 11 is 1.74. The van der Waals surface area contributed by atoms with Gasteiger partial charge in [-0.05, 0) is 30.7 Å². The molecule has 0 aliphatic heterocycles. The molecule has 4 nitrogen and oxygen atoms in total. The van der Waals surface area contributed by atoms with Crippen LogP contribution in [0.5, 0.6) is 5.88 Å². The highest BCUT2D eigenvalue weighted by Crippen LogP contribution is 2.40. The molecular weight excluding hydrogens is 296 g/mol. The van der Waals surface area contributed by atoms with Gasteiger partial charge in [0.1, 0.15) is 17.8 Å². The van der Waals surface area contributed by atoms with Crippen LogP contribution in [0.1, 0.15) is 44.6 Å². The van der Waals surface area contributed by atoms with Gasteiger partial charge in [0.05, 0.1) is 5.39 Å². The van der Waals surface area contributed by atoms with E-state index in [-0.39, 0.29) is 12.4 Å². The van der Waals surface area contributed by atoms with Gasteiger partial charge in [-0.15, -0.1) is 11.3 Å². The number of rotatable bonds is 3. The topological polar surface area (TPSA) is 52.1 Å². The molecule has 0 amide bonds. The molecule has 0 saturated carbocycles. The number of Topliss-reactive ketones (excluding diaryl/α,β-unsaturated/α-hetero) is 1. The molecule has 2 heterocycles. The first kappa shape index (κ1) is 15.4. The highest BCUT2D eigenvalue weighted by molar-refractivity contribution is 7.18. The maximum Gasteiger partial charge on any atom is 0.226 e. The lowest BCUT2D eigenvalue weighted by Crippen LogP contribution is -2.26. The van der Waals surface area contributed by atoms with Crippen LogP contribution in [0.15, 0.2) is 6.33 Å². The summed E-state index contributed by atoms with van der Waals surface area (Å²) in [6.07, 6.45) is 4.88. The minimum absolute atomic E-state index is 0.0661. The molecule has 1 atom stereocenters. The van der Waals surface area contributed by atoms with Crippen molar-refractivity contribution in [3.8, 4) is 5.88 Å². The highest BCUT2D eigenvalue weighted by atomic mass is 32.1. The quantitative estimate of drug-likeness (QED) is 0.863. The molecule has 1 aliphatic carbocycles. The number of carbonyl (C=O) groups excluding carboxylic acids is 1. The first-order valence-electron chi connectivity index (χ1n) is 7.77. The van der Waals surface area contributed by atoms with E-state index in [2.05, 4.69) is 16.9 Å². The van der Waals surface area contributed by atoms with Crippen molar-refractivity contribution in [3.63, 3.8) is 0 Å². The first-order chi connectivity index (χ1) is 10.4. The van der Waals surface area contributed by atoms with E-state index in [0.717, 1.165) is 29.0 Å². The molecule has 0 radical (unpaired) electrons. The predicted molar refractivity (Wildman–Crippen MR) is 88.6 cm³/mol. The molecule has 118 valence electrons. The third-order valence-electron chi connectivity index (χ3n) is 4.23. The summed E-state index contributed by atoms with van der Waals surface area (Å²) in [4.78, 5) is 23.1. The number of thiophene rings is 1. The molecule has 0 bridgehead atoms. The van der Waals surface area contributed by atoms with Crippen molar-refractivity contribution in [2.45, 2.75) is 47.0 Å². The van der Waals surface area contributed by atoms with E-state index >= 15 is 0 Å². The number of ketones is 1. The van der Waals surface area contributed by atoms with Crippen LogP contribution < -0.4 is 4.74 Å². The number of ether oxygens (including phenoxy) is 1. The van der Waals surface area contributed by atoms with Gasteiger partial charge >= 0.3 is 0 Å². The molecule has 1 unspecified atom stereocenters. The molecule has 0 N–H and O–H groups in total. The van der Waals surface area contributed by atoms with Crippen LogP contribution in [-0.2, 0) is 17.6 Å². The van der Waals surface area contributed by atoms with E-state index in [0.29, 0.717) is 5.88 Å². The number of hydrogen-bond acceptors (Lipinski definition) is 5. The van der Waals surface area contributed by atoms with Gasteiger partial charge in [0.2, 0.25) is 5.88 Å². The molecule has 2 aromatic heterocycles. The first-order valence-corrected chi connectivity index (χ1v) is 8.59. The average Bonchev–Trinajstić information content (AvgIpc) is 2.81. The summed E-state index contributed by atoms with van der Waals surface area (Å²) in [6, 6.07) is 0. The van der Waals surface area contributed by atoms with Gasteiger partial charge in [0.15, 0.2) is 5.78 Å². The van der Waals surface area contributed by atoms with E-state index in [1.165, 1.54) is 23.2 Å². The lowest BCUT2D eigenvalue weighted by molar-refractivity contribution is -0.128. The Bertz CT molecular complexity index is 715. The Balaban J connectivity index is 1.92. The molecule has 22 heavy (non-hydrogen) atoms. The van der Waals surface area contributed by atoms with Gasteiger partial charge in [-0.2, -0.15) is 0 Å². The molecule has 0 spiro atoms. The summed E-state index contributed by atoms with van der Waals surface area (Å²) in [5, 5.41) is 1.02. The van der Waals surface area contributed by atoms with E-state index in [9.17, 15) is 4.79 Å². The largest absolute Gasteiger partial charge is 0.469 e. The van der Waals surface area contributed by atoms with Crippen LogP contribution in [0, 0.1) is 11.3 Å². The molecule has 1 aliphatic rings. The van der Waals surface area contributed by atoms with Crippen molar-refractivity contribution in [2.24, 2.45) is 11.3 Å². The normalized spacial score (nSPS) is 18.3. The Kier molecular flexibility index (Phi) is 3.93. The third-order valence-corrected chi connectivity index (χ3v) is 5.40. The molecule has 0 saturated heterocycles. The average molecular weight is 318 g/mol. The summed E-state index contributed by atoms with van der Waals surface area (Å²) in [6.45, 7) is 8.07. The van der Waals surface area contributed by atoms with Gasteiger partial charge in [-0.1, -0.05) is 27.7 Å². The minimum Gasteiger partial charge on any atom is -0.469 e. The summed E-state index contributed by atoms with van der Waals surface area (Å²) < 4.78 is 5.76. The smallest absolute Gasteiger partial charge is 0.226 e. The van der Waals surface area contributed by atoms with E-state index < -0.39 is 5.41 Å². The number of fused-ring (bicyclic) bond motifs is 3. The summed E-state index contributed by atoms with van der Waals surface area (Å²) in [5.74, 6) is 1.37. The lowest BCUT2D eigenvalue weighted by Gasteiger charge is -2.19. The number of carbonyl (C=O) groups is 1. The van der Waals surface area contributed by atoms with Crippen LogP contribution >= 0.6 is 11.3 Å². The fourth-order valence-electron chi connectivity index (χ4n) is 2.71. The van der Waals surface area contributed by atoms with Gasteiger partial charge < -0.3 is 4.74 Å². The molecule has 3 rings (SSSR count). The molecule has 5 heteroatoms. The number of hydrogen-bond donors (Lipinski definition) is 0. The second-order valence-corrected chi connectivity index (χ2v) is 8.26. The SMILES string of the molecule is CC1CCc2c(sc3ncnc(OCC(=O)C(C)(C)C)c23)C1. The standard InChI is InChI=1S/C17H22N2O2S/c1-10-5-6-11-12(7-10)22-16-14(11)15(18-9-19-16)21-8-13(20)17(2,3)4/h9-10H,5-8H2,1-4H3. The predicted octanol–water partition coefficient (Wildman–Crippen LogP) is 3.81. The molecule has 0 fully saturated rings. The Morgan fingerprint density at radius 3 is 2.91 bits per heavy atom. The number of nitrogens with zero attached hydrogens (tertiary/aromatic N) is 2. The van der Waals surface area contributed by atoms with Crippen LogP contribution in [0.25, 0.3) is 10.2 Å². The van der Waals surface area contributed by atoms with E-state index in [1.54, 1.807) is 11.3 Å². The van der Waals surface area contributed by atoms with Crippen molar-refractivity contribution < 1.29 is 9.53 Å². The second-order valence-electron chi connectivity index (χ2n) is 7.17. The highest BCUT2D eigenvalue weighted by Gasteiger charge is 2.25. The Labute approximate surface area is 134 Å². The number of aryl methyl sites for hydroxylation is 1. The van der Waals surface area contributed by atoms with Crippen LogP contribution in [0.3, 0.4) is 0 Å². The van der Waals surface area contributed by atoms with Gasteiger partial charge in [0, 0.05) is 10.3 Å². The van der Waals surface area contributed by atoms with E-state index in [1.807, 2.05) is 20.8 Å². The van der Waals surface area contributed by atoms with Gasteiger partial charge in [-0.25, -0.2) is 9.97 Å². The van der Waals surface area contributed by atoms with Crippen LogP contribution in [0.2, 0.25) is 0 Å². The monoisotopic (exact) mass is 318 g/mol. The Hall–Kier alpha value is -1.49. The minimum atomic E-state index is -0.393. The maximum absolute atomic E-state index is 12.1. The van der Waals surface area contributed by atoms with Gasteiger partial charge in [0.25, 0.3) is 0 Å². The fourth-order valence-corrected chi connectivity index (χ4v) is 4.05. The fraction of sp³-hybridized carbons (Fsp3) is 0.588. The van der Waals surface area contributed by atoms with E-state index in [4.69, 9.17) is 4.74 Å².